The molecule has 0 radical (unpaired) electrons. The van der Waals surface area contributed by atoms with Crippen LogP contribution in [-0.4, -0.2) is 82.2 Å². The molecule has 0 spiro atoms. The number of urea groups is 1. The van der Waals surface area contributed by atoms with Gasteiger partial charge in [-0.3, -0.25) is 4.90 Å². The number of carboxylic acids is 1. The van der Waals surface area contributed by atoms with Gasteiger partial charge in [0, 0.05) is 25.4 Å². The van der Waals surface area contributed by atoms with E-state index in [0.717, 1.165) is 32.4 Å². The quantitative estimate of drug-likeness (QED) is 0.852. The Labute approximate surface area is 130 Å². The molecule has 2 rings (SSSR count). The van der Waals surface area contributed by atoms with Crippen LogP contribution < -0.4 is 0 Å². The molecular formula is C14H25N3O3S. The van der Waals surface area contributed by atoms with E-state index in [4.69, 9.17) is 0 Å². The van der Waals surface area contributed by atoms with Crippen molar-refractivity contribution in [2.24, 2.45) is 0 Å². The molecule has 2 saturated heterocycles. The molecule has 6 nitrogen and oxygen atoms in total. The molecular weight excluding hydrogens is 290 g/mol. The second kappa shape index (κ2) is 6.87. The van der Waals surface area contributed by atoms with E-state index in [0.29, 0.717) is 5.75 Å². The summed E-state index contributed by atoms with van der Waals surface area (Å²) in [5.41, 5.74) is 0. The van der Waals surface area contributed by atoms with Gasteiger partial charge in [-0.15, -0.1) is 11.8 Å². The number of aliphatic carboxylic acids is 1. The second-order valence-corrected chi connectivity index (χ2v) is 7.12. The highest BCUT2D eigenvalue weighted by Gasteiger charge is 2.43. The summed E-state index contributed by atoms with van der Waals surface area (Å²) in [6, 6.07) is -0.662. The Kier molecular flexibility index (Phi) is 5.37. The minimum atomic E-state index is -0.902. The molecule has 2 heterocycles. The van der Waals surface area contributed by atoms with Crippen LogP contribution in [0.1, 0.15) is 26.2 Å². The number of piperidine rings is 1. The summed E-state index contributed by atoms with van der Waals surface area (Å²) in [6.45, 7) is 3.92. The molecule has 3 atom stereocenters. The topological polar surface area (TPSA) is 64.1 Å². The second-order valence-electron chi connectivity index (χ2n) is 5.91. The van der Waals surface area contributed by atoms with Gasteiger partial charge in [-0.2, -0.15) is 0 Å². The Bertz CT molecular complexity index is 407. The molecule has 0 aromatic heterocycles. The van der Waals surface area contributed by atoms with Crippen molar-refractivity contribution in [3.05, 3.63) is 0 Å². The van der Waals surface area contributed by atoms with Crippen LogP contribution in [0, 0.1) is 0 Å². The first-order chi connectivity index (χ1) is 9.95. The van der Waals surface area contributed by atoms with E-state index in [1.165, 1.54) is 0 Å². The van der Waals surface area contributed by atoms with Crippen molar-refractivity contribution in [3.8, 4) is 0 Å². The molecule has 2 aliphatic heterocycles. The first-order valence-corrected chi connectivity index (χ1v) is 8.58. The first-order valence-electron chi connectivity index (χ1n) is 7.53. The fourth-order valence-electron chi connectivity index (χ4n) is 3.12. The van der Waals surface area contributed by atoms with Crippen LogP contribution in [-0.2, 0) is 4.79 Å². The Morgan fingerprint density at radius 3 is 2.71 bits per heavy atom. The molecule has 3 unspecified atom stereocenters. The number of rotatable bonds is 3. The van der Waals surface area contributed by atoms with Gasteiger partial charge in [0.2, 0.25) is 0 Å². The number of carbonyl (C=O) groups is 2. The first kappa shape index (κ1) is 16.4. The zero-order chi connectivity index (χ0) is 15.6. The summed E-state index contributed by atoms with van der Waals surface area (Å²) in [5, 5.41) is 9.32. The lowest BCUT2D eigenvalue weighted by Crippen LogP contribution is -2.55. The zero-order valence-electron chi connectivity index (χ0n) is 13.0. The number of likely N-dealkylation sites (N-methyl/N-ethyl adjacent to an activating group) is 2. The van der Waals surface area contributed by atoms with Gasteiger partial charge >= 0.3 is 12.0 Å². The molecule has 7 heteroatoms. The van der Waals surface area contributed by atoms with Crippen molar-refractivity contribution in [2.45, 2.75) is 43.6 Å². The van der Waals surface area contributed by atoms with Crippen molar-refractivity contribution in [3.63, 3.8) is 0 Å². The third-order valence-corrected chi connectivity index (χ3v) is 5.85. The number of amides is 2. The smallest absolute Gasteiger partial charge is 0.327 e. The summed E-state index contributed by atoms with van der Waals surface area (Å²) in [5.74, 6) is -0.418. The van der Waals surface area contributed by atoms with Crippen molar-refractivity contribution in [2.75, 3.05) is 32.9 Å². The van der Waals surface area contributed by atoms with Crippen LogP contribution in [0.4, 0.5) is 4.79 Å². The summed E-state index contributed by atoms with van der Waals surface area (Å²) < 4.78 is 0. The number of carboxylic acid groups (broad SMARTS) is 1. The van der Waals surface area contributed by atoms with Gasteiger partial charge in [0.25, 0.3) is 0 Å². The van der Waals surface area contributed by atoms with Crippen molar-refractivity contribution in [1.29, 1.82) is 0 Å². The highest BCUT2D eigenvalue weighted by Crippen LogP contribution is 2.32. The van der Waals surface area contributed by atoms with Crippen LogP contribution in [0.3, 0.4) is 0 Å². The van der Waals surface area contributed by atoms with Gasteiger partial charge in [0.05, 0.1) is 5.37 Å². The molecule has 2 fully saturated rings. The molecule has 0 aromatic rings. The predicted molar refractivity (Wildman–Crippen MR) is 83.5 cm³/mol. The third kappa shape index (κ3) is 3.45. The number of likely N-dealkylation sites (tertiary alicyclic amines) is 1. The van der Waals surface area contributed by atoms with Crippen LogP contribution in [0.5, 0.6) is 0 Å². The van der Waals surface area contributed by atoms with Crippen LogP contribution in [0.25, 0.3) is 0 Å². The maximum absolute atomic E-state index is 12.8. The predicted octanol–water partition coefficient (Wildman–Crippen LogP) is 1.37. The lowest BCUT2D eigenvalue weighted by atomic mass is 10.1. The molecule has 2 amide bonds. The maximum atomic E-state index is 12.8. The number of hydrogen-bond donors (Lipinski definition) is 1. The number of hydrogen-bond acceptors (Lipinski definition) is 4. The van der Waals surface area contributed by atoms with E-state index in [-0.39, 0.29) is 17.4 Å². The summed E-state index contributed by atoms with van der Waals surface area (Å²) in [4.78, 5) is 29.7. The van der Waals surface area contributed by atoms with Gasteiger partial charge in [0.1, 0.15) is 6.04 Å². The normalized spacial score (nSPS) is 30.4. The Morgan fingerprint density at radius 2 is 2.14 bits per heavy atom. The molecule has 0 aromatic carbocycles. The zero-order valence-corrected chi connectivity index (χ0v) is 13.8. The van der Waals surface area contributed by atoms with E-state index in [1.54, 1.807) is 28.6 Å². The number of nitrogens with zero attached hydrogens (tertiary/aromatic N) is 3. The summed E-state index contributed by atoms with van der Waals surface area (Å²) >= 11 is 1.57. The molecule has 0 saturated carbocycles. The monoisotopic (exact) mass is 315 g/mol. The fourth-order valence-corrected chi connectivity index (χ4v) is 4.46. The molecule has 21 heavy (non-hydrogen) atoms. The van der Waals surface area contributed by atoms with E-state index >= 15 is 0 Å². The number of carbonyl (C=O) groups excluding carboxylic acids is 1. The molecule has 0 bridgehead atoms. The Hall–Kier alpha value is -0.950. The van der Waals surface area contributed by atoms with Crippen molar-refractivity contribution in [1.82, 2.24) is 14.7 Å². The van der Waals surface area contributed by atoms with Gasteiger partial charge in [-0.1, -0.05) is 6.92 Å². The minimum absolute atomic E-state index is 0.0256. The molecule has 1 N–H and O–H groups in total. The summed E-state index contributed by atoms with van der Waals surface area (Å²) in [7, 11) is 3.87. The van der Waals surface area contributed by atoms with E-state index in [1.807, 2.05) is 6.92 Å². The Morgan fingerprint density at radius 1 is 1.43 bits per heavy atom. The van der Waals surface area contributed by atoms with Crippen LogP contribution in [0.2, 0.25) is 0 Å². The third-order valence-electron chi connectivity index (χ3n) is 4.40. The largest absolute Gasteiger partial charge is 0.480 e. The lowest BCUT2D eigenvalue weighted by Gasteiger charge is -2.39. The SMILES string of the molecule is CCC1SCC(C(=O)O)N1C(=O)N(C)C1CCCN(C)C1. The lowest BCUT2D eigenvalue weighted by molar-refractivity contribution is -0.141. The molecule has 0 aliphatic carbocycles. The van der Waals surface area contributed by atoms with E-state index in [9.17, 15) is 14.7 Å². The van der Waals surface area contributed by atoms with Crippen molar-refractivity contribution >= 4 is 23.8 Å². The van der Waals surface area contributed by atoms with Crippen molar-refractivity contribution < 1.29 is 14.7 Å². The van der Waals surface area contributed by atoms with Gasteiger partial charge < -0.3 is 14.9 Å². The van der Waals surface area contributed by atoms with E-state index < -0.39 is 12.0 Å². The minimum Gasteiger partial charge on any atom is -0.480 e. The standard InChI is InChI=1S/C14H25N3O3S/c1-4-12-17(11(9-21-12)13(18)19)14(20)16(3)10-6-5-7-15(2)8-10/h10-12H,4-9H2,1-3H3,(H,18,19). The van der Waals surface area contributed by atoms with Crippen LogP contribution >= 0.6 is 11.8 Å². The maximum Gasteiger partial charge on any atom is 0.327 e. The highest BCUT2D eigenvalue weighted by molar-refractivity contribution is 8.00. The van der Waals surface area contributed by atoms with Gasteiger partial charge in [-0.25, -0.2) is 9.59 Å². The summed E-state index contributed by atoms with van der Waals surface area (Å²) in [6.07, 6.45) is 2.84. The highest BCUT2D eigenvalue weighted by atomic mass is 32.2. The Balaban J connectivity index is 2.10. The van der Waals surface area contributed by atoms with Crippen LogP contribution in [0.15, 0.2) is 0 Å². The average molecular weight is 315 g/mol. The van der Waals surface area contributed by atoms with E-state index in [2.05, 4.69) is 11.9 Å². The fraction of sp³-hybridized carbons (Fsp3) is 0.857. The molecule has 120 valence electrons. The average Bonchev–Trinajstić information content (AvgIpc) is 2.89. The number of thioether (sulfide) groups is 1. The molecule has 2 aliphatic rings. The van der Waals surface area contributed by atoms with Gasteiger partial charge in [0.15, 0.2) is 0 Å². The van der Waals surface area contributed by atoms with Gasteiger partial charge in [-0.05, 0) is 32.9 Å².